The van der Waals surface area contributed by atoms with Crippen LogP contribution in [0, 0.1) is 5.92 Å². The number of hydrogen-bond donors (Lipinski definition) is 2. The van der Waals surface area contributed by atoms with Crippen LogP contribution in [0.15, 0.2) is 6.20 Å². The van der Waals surface area contributed by atoms with Crippen LogP contribution in [-0.4, -0.2) is 37.8 Å². The van der Waals surface area contributed by atoms with Gasteiger partial charge in [0.05, 0.1) is 12.1 Å². The van der Waals surface area contributed by atoms with Crippen molar-refractivity contribution in [3.05, 3.63) is 11.9 Å². The number of carboxylic acids is 1. The summed E-state index contributed by atoms with van der Waals surface area (Å²) in [5, 5.41) is 24.7. The summed E-state index contributed by atoms with van der Waals surface area (Å²) in [6.07, 6.45) is 1.47. The third-order valence-corrected chi connectivity index (χ3v) is 1.73. The molecule has 6 nitrogen and oxygen atoms in total. The molecule has 0 aliphatic heterocycles. The Hall–Kier alpha value is -1.43. The van der Waals surface area contributed by atoms with Crippen LogP contribution in [0.1, 0.15) is 12.6 Å². The monoisotopic (exact) mass is 199 g/mol. The second-order valence-corrected chi connectivity index (χ2v) is 3.29. The van der Waals surface area contributed by atoms with E-state index in [4.69, 9.17) is 10.2 Å². The van der Waals surface area contributed by atoms with E-state index in [2.05, 4.69) is 10.3 Å². The molecule has 0 bridgehead atoms. The number of carboxylic acid groups (broad SMARTS) is 1. The maximum atomic E-state index is 10.3. The van der Waals surface area contributed by atoms with Crippen LogP contribution in [0.2, 0.25) is 0 Å². The number of aromatic nitrogens is 3. The second-order valence-electron chi connectivity index (χ2n) is 3.29. The van der Waals surface area contributed by atoms with E-state index in [-0.39, 0.29) is 18.9 Å². The fraction of sp³-hybridized carbons (Fsp3) is 0.625. The molecule has 0 aliphatic rings. The fourth-order valence-corrected chi connectivity index (χ4v) is 1.04. The Balaban J connectivity index is 2.54. The van der Waals surface area contributed by atoms with Gasteiger partial charge in [-0.3, -0.25) is 9.48 Å². The molecule has 1 aromatic heterocycles. The van der Waals surface area contributed by atoms with Gasteiger partial charge in [0, 0.05) is 19.3 Å². The molecule has 1 aromatic rings. The summed E-state index contributed by atoms with van der Waals surface area (Å²) < 4.78 is 1.54. The van der Waals surface area contributed by atoms with Gasteiger partial charge >= 0.3 is 5.97 Å². The number of aliphatic hydroxyl groups excluding tert-OH is 1. The predicted molar refractivity (Wildman–Crippen MR) is 47.6 cm³/mol. The van der Waals surface area contributed by atoms with Crippen molar-refractivity contribution < 1.29 is 15.0 Å². The maximum absolute atomic E-state index is 10.3. The van der Waals surface area contributed by atoms with Crippen LogP contribution in [-0.2, 0) is 17.8 Å². The molecule has 0 radical (unpaired) electrons. The standard InChI is InChI=1S/C8H13N3O3/c1-6(5-12)3-11-4-7(9-10-11)2-8(13)14/h4,6,12H,2-3,5H2,1H3,(H,13,14). The number of carbonyl (C=O) groups is 1. The third-order valence-electron chi connectivity index (χ3n) is 1.73. The van der Waals surface area contributed by atoms with E-state index in [0.29, 0.717) is 12.2 Å². The molecule has 0 aromatic carbocycles. The van der Waals surface area contributed by atoms with Crippen molar-refractivity contribution >= 4 is 5.97 Å². The van der Waals surface area contributed by atoms with Crippen molar-refractivity contribution in [2.75, 3.05) is 6.61 Å². The quantitative estimate of drug-likeness (QED) is 0.669. The number of rotatable bonds is 5. The molecule has 1 heterocycles. The SMILES string of the molecule is CC(CO)Cn1cc(CC(=O)O)nn1. The van der Waals surface area contributed by atoms with Crippen LogP contribution in [0.4, 0.5) is 0 Å². The Morgan fingerprint density at radius 1 is 1.71 bits per heavy atom. The number of hydrogen-bond acceptors (Lipinski definition) is 4. The van der Waals surface area contributed by atoms with E-state index in [9.17, 15) is 4.79 Å². The van der Waals surface area contributed by atoms with Crippen LogP contribution in [0.3, 0.4) is 0 Å². The molecule has 0 saturated carbocycles. The molecule has 78 valence electrons. The van der Waals surface area contributed by atoms with Crippen molar-refractivity contribution in [3.8, 4) is 0 Å². The minimum Gasteiger partial charge on any atom is -0.481 e. The molecule has 1 unspecified atom stereocenters. The van der Waals surface area contributed by atoms with Crippen molar-refractivity contribution in [3.63, 3.8) is 0 Å². The van der Waals surface area contributed by atoms with E-state index >= 15 is 0 Å². The molecule has 1 atom stereocenters. The molecular weight excluding hydrogens is 186 g/mol. The van der Waals surface area contributed by atoms with E-state index in [1.165, 1.54) is 0 Å². The van der Waals surface area contributed by atoms with Crippen LogP contribution in [0.25, 0.3) is 0 Å². The van der Waals surface area contributed by atoms with Gasteiger partial charge in [0.15, 0.2) is 0 Å². The molecule has 1 rings (SSSR count). The average molecular weight is 199 g/mol. The molecule has 14 heavy (non-hydrogen) atoms. The molecule has 0 aliphatic carbocycles. The molecule has 0 spiro atoms. The van der Waals surface area contributed by atoms with Gasteiger partial charge in [-0.25, -0.2) is 0 Å². The molecule has 6 heteroatoms. The number of nitrogens with zero attached hydrogens (tertiary/aromatic N) is 3. The summed E-state index contributed by atoms with van der Waals surface area (Å²) in [6, 6.07) is 0. The van der Waals surface area contributed by atoms with Crippen LogP contribution < -0.4 is 0 Å². The largest absolute Gasteiger partial charge is 0.481 e. The first-order valence-electron chi connectivity index (χ1n) is 4.33. The second kappa shape index (κ2) is 4.71. The first-order chi connectivity index (χ1) is 6.61. The summed E-state index contributed by atoms with van der Waals surface area (Å²) >= 11 is 0. The smallest absolute Gasteiger partial charge is 0.309 e. The van der Waals surface area contributed by atoms with Gasteiger partial charge in [0.25, 0.3) is 0 Å². The Kier molecular flexibility index (Phi) is 3.58. The van der Waals surface area contributed by atoms with Crippen molar-refractivity contribution in [2.45, 2.75) is 19.9 Å². The highest BCUT2D eigenvalue weighted by molar-refractivity contribution is 5.69. The molecule has 0 amide bonds. The lowest BCUT2D eigenvalue weighted by atomic mass is 10.2. The molecule has 2 N–H and O–H groups in total. The number of aliphatic carboxylic acids is 1. The van der Waals surface area contributed by atoms with E-state index in [0.717, 1.165) is 0 Å². The van der Waals surface area contributed by atoms with E-state index in [1.54, 1.807) is 10.9 Å². The van der Waals surface area contributed by atoms with Crippen LogP contribution >= 0.6 is 0 Å². The zero-order chi connectivity index (χ0) is 10.6. The van der Waals surface area contributed by atoms with Gasteiger partial charge < -0.3 is 10.2 Å². The highest BCUT2D eigenvalue weighted by Gasteiger charge is 2.07. The third kappa shape index (κ3) is 3.14. The van der Waals surface area contributed by atoms with Gasteiger partial charge in [-0.1, -0.05) is 12.1 Å². The van der Waals surface area contributed by atoms with Crippen LogP contribution in [0.5, 0.6) is 0 Å². The predicted octanol–water partition coefficient (Wildman–Crippen LogP) is -0.466. The lowest BCUT2D eigenvalue weighted by Crippen LogP contribution is -2.11. The molecule has 0 saturated heterocycles. The summed E-state index contributed by atoms with van der Waals surface area (Å²) in [4.78, 5) is 10.3. The van der Waals surface area contributed by atoms with Crippen molar-refractivity contribution in [1.82, 2.24) is 15.0 Å². The van der Waals surface area contributed by atoms with E-state index < -0.39 is 5.97 Å². The highest BCUT2D eigenvalue weighted by Crippen LogP contribution is 2.00. The first-order valence-corrected chi connectivity index (χ1v) is 4.33. The Bertz CT molecular complexity index is 311. The normalized spacial score (nSPS) is 12.7. The first kappa shape index (κ1) is 10.6. The van der Waals surface area contributed by atoms with Gasteiger partial charge in [0.1, 0.15) is 0 Å². The summed E-state index contributed by atoms with van der Waals surface area (Å²) in [5.74, 6) is -0.832. The lowest BCUT2D eigenvalue weighted by molar-refractivity contribution is -0.136. The van der Waals surface area contributed by atoms with E-state index in [1.807, 2.05) is 6.92 Å². The summed E-state index contributed by atoms with van der Waals surface area (Å²) in [6.45, 7) is 2.50. The molecular formula is C8H13N3O3. The average Bonchev–Trinajstić information content (AvgIpc) is 2.51. The minimum atomic E-state index is -0.924. The molecule has 0 fully saturated rings. The zero-order valence-corrected chi connectivity index (χ0v) is 7.92. The Labute approximate surface area is 81.2 Å². The highest BCUT2D eigenvalue weighted by atomic mass is 16.4. The van der Waals surface area contributed by atoms with Crippen molar-refractivity contribution in [1.29, 1.82) is 0 Å². The fourth-order valence-electron chi connectivity index (χ4n) is 1.04. The topological polar surface area (TPSA) is 88.2 Å². The van der Waals surface area contributed by atoms with Gasteiger partial charge in [-0.05, 0) is 5.92 Å². The van der Waals surface area contributed by atoms with Gasteiger partial charge in [-0.2, -0.15) is 0 Å². The summed E-state index contributed by atoms with van der Waals surface area (Å²) in [7, 11) is 0. The zero-order valence-electron chi connectivity index (χ0n) is 7.92. The van der Waals surface area contributed by atoms with Gasteiger partial charge in [0.2, 0.25) is 0 Å². The summed E-state index contributed by atoms with van der Waals surface area (Å²) in [5.41, 5.74) is 0.433. The number of aliphatic hydroxyl groups is 1. The Morgan fingerprint density at radius 2 is 2.43 bits per heavy atom. The maximum Gasteiger partial charge on any atom is 0.309 e. The van der Waals surface area contributed by atoms with Crippen molar-refractivity contribution in [2.24, 2.45) is 5.92 Å². The minimum absolute atomic E-state index is 0.0775. The lowest BCUT2D eigenvalue weighted by Gasteiger charge is -2.05. The Morgan fingerprint density at radius 3 is 3.00 bits per heavy atom. The van der Waals surface area contributed by atoms with Gasteiger partial charge in [-0.15, -0.1) is 5.10 Å².